The number of hydrogen-bond acceptors (Lipinski definition) is 1. The van der Waals surface area contributed by atoms with E-state index < -0.39 is 0 Å². The van der Waals surface area contributed by atoms with Gasteiger partial charge in [-0.05, 0) is 60.3 Å². The highest BCUT2D eigenvalue weighted by Crippen LogP contribution is 2.33. The lowest BCUT2D eigenvalue weighted by molar-refractivity contribution is -0.0198. The summed E-state index contributed by atoms with van der Waals surface area (Å²) < 4.78 is 6.24. The van der Waals surface area contributed by atoms with Crippen molar-refractivity contribution in [3.63, 3.8) is 0 Å². The van der Waals surface area contributed by atoms with E-state index in [4.69, 9.17) is 4.74 Å². The van der Waals surface area contributed by atoms with Crippen molar-refractivity contribution in [2.75, 3.05) is 6.61 Å². The van der Waals surface area contributed by atoms with Crippen molar-refractivity contribution in [1.82, 2.24) is 0 Å². The molecule has 3 rings (SSSR count). The molecular weight excluding hydrogens is 352 g/mol. The van der Waals surface area contributed by atoms with Crippen LogP contribution < -0.4 is 0 Å². The van der Waals surface area contributed by atoms with Crippen molar-refractivity contribution in [2.45, 2.75) is 90.6 Å². The van der Waals surface area contributed by atoms with Crippen LogP contribution in [0.15, 0.2) is 48.5 Å². The molecule has 0 amide bonds. The predicted octanol–water partition coefficient (Wildman–Crippen LogP) is 8.52. The van der Waals surface area contributed by atoms with Crippen LogP contribution in [-0.4, -0.2) is 6.61 Å². The minimum absolute atomic E-state index is 0.289. The quantitative estimate of drug-likeness (QED) is 0.348. The summed E-state index contributed by atoms with van der Waals surface area (Å²) in [6.07, 6.45) is 14.7. The van der Waals surface area contributed by atoms with Gasteiger partial charge in [-0.2, -0.15) is 0 Å². The molecule has 2 aromatic rings. The van der Waals surface area contributed by atoms with Crippen LogP contribution >= 0.6 is 0 Å². The highest BCUT2D eigenvalue weighted by molar-refractivity contribution is 5.64. The molecule has 0 spiro atoms. The molecule has 29 heavy (non-hydrogen) atoms. The Morgan fingerprint density at radius 2 is 1.38 bits per heavy atom. The van der Waals surface area contributed by atoms with E-state index in [0.29, 0.717) is 0 Å². The molecule has 1 nitrogen and oxygen atoms in total. The van der Waals surface area contributed by atoms with Crippen molar-refractivity contribution in [1.29, 1.82) is 0 Å². The van der Waals surface area contributed by atoms with Crippen molar-refractivity contribution >= 4 is 0 Å². The fraction of sp³-hybridized carbons (Fsp3) is 0.571. The second-order valence-electron chi connectivity index (χ2n) is 8.89. The van der Waals surface area contributed by atoms with E-state index in [2.05, 4.69) is 62.4 Å². The summed E-state index contributed by atoms with van der Waals surface area (Å²) >= 11 is 0. The maximum atomic E-state index is 6.24. The largest absolute Gasteiger partial charge is 0.373 e. The maximum Gasteiger partial charge on any atom is 0.0825 e. The molecule has 1 fully saturated rings. The summed E-state index contributed by atoms with van der Waals surface area (Å²) in [5.74, 6) is 0.776. The van der Waals surface area contributed by atoms with Gasteiger partial charge in [-0.25, -0.2) is 0 Å². The maximum absolute atomic E-state index is 6.24. The van der Waals surface area contributed by atoms with E-state index >= 15 is 0 Å². The molecule has 1 aliphatic heterocycles. The first-order chi connectivity index (χ1) is 14.3. The Morgan fingerprint density at radius 3 is 2.00 bits per heavy atom. The zero-order chi connectivity index (χ0) is 20.3. The minimum Gasteiger partial charge on any atom is -0.373 e. The normalized spacial score (nSPS) is 19.4. The number of benzene rings is 2. The summed E-state index contributed by atoms with van der Waals surface area (Å²) in [6.45, 7) is 5.49. The first-order valence-electron chi connectivity index (χ1n) is 12.1. The topological polar surface area (TPSA) is 9.23 Å². The van der Waals surface area contributed by atoms with Crippen LogP contribution in [0.3, 0.4) is 0 Å². The van der Waals surface area contributed by atoms with Gasteiger partial charge in [0.25, 0.3) is 0 Å². The van der Waals surface area contributed by atoms with Gasteiger partial charge in [0.15, 0.2) is 0 Å². The Labute approximate surface area is 178 Å². The van der Waals surface area contributed by atoms with E-state index in [1.165, 1.54) is 92.9 Å². The number of aryl methyl sites for hydroxylation is 1. The lowest BCUT2D eigenvalue weighted by Gasteiger charge is -2.29. The van der Waals surface area contributed by atoms with Crippen LogP contribution in [0.2, 0.25) is 0 Å². The highest BCUT2D eigenvalue weighted by atomic mass is 16.5. The van der Waals surface area contributed by atoms with Crippen molar-refractivity contribution in [3.05, 3.63) is 59.7 Å². The third-order valence-corrected chi connectivity index (χ3v) is 6.47. The van der Waals surface area contributed by atoms with Crippen LogP contribution in [0.1, 0.15) is 95.3 Å². The van der Waals surface area contributed by atoms with Crippen molar-refractivity contribution in [3.8, 4) is 11.1 Å². The fourth-order valence-corrected chi connectivity index (χ4v) is 4.49. The van der Waals surface area contributed by atoms with Crippen LogP contribution in [0.25, 0.3) is 11.1 Å². The Kier molecular flexibility index (Phi) is 9.28. The average molecular weight is 393 g/mol. The standard InChI is InChI=1S/C28H40O/c1-3-5-7-9-11-24-14-21-28(29-22-24)27-19-17-26(18-20-27)25-15-12-23(13-16-25)10-8-6-4-2/h12-13,15-20,24,28H,3-11,14,21-22H2,1-2H3. The zero-order valence-corrected chi connectivity index (χ0v) is 18.7. The molecule has 0 aliphatic carbocycles. The molecule has 0 bridgehead atoms. The highest BCUT2D eigenvalue weighted by Gasteiger charge is 2.22. The first kappa shape index (κ1) is 22.1. The molecule has 0 saturated carbocycles. The molecule has 0 N–H and O–H groups in total. The third kappa shape index (κ3) is 7.00. The van der Waals surface area contributed by atoms with E-state index in [9.17, 15) is 0 Å². The van der Waals surface area contributed by atoms with Gasteiger partial charge >= 0.3 is 0 Å². The summed E-state index contributed by atoms with van der Waals surface area (Å²) in [5.41, 5.74) is 5.42. The lowest BCUT2D eigenvalue weighted by atomic mass is 9.90. The lowest BCUT2D eigenvalue weighted by Crippen LogP contribution is -2.20. The number of rotatable bonds is 11. The molecule has 1 saturated heterocycles. The minimum atomic E-state index is 0.289. The second-order valence-corrected chi connectivity index (χ2v) is 8.89. The Balaban J connectivity index is 1.48. The van der Waals surface area contributed by atoms with Gasteiger partial charge in [-0.3, -0.25) is 0 Å². The van der Waals surface area contributed by atoms with Gasteiger partial charge in [0, 0.05) is 0 Å². The Bertz CT molecular complexity index is 677. The van der Waals surface area contributed by atoms with E-state index in [1.54, 1.807) is 0 Å². The summed E-state index contributed by atoms with van der Waals surface area (Å²) in [7, 11) is 0. The molecule has 1 aliphatic rings. The molecule has 1 heterocycles. The van der Waals surface area contributed by atoms with E-state index in [1.807, 2.05) is 0 Å². The van der Waals surface area contributed by atoms with E-state index in [0.717, 1.165) is 12.5 Å². The summed E-state index contributed by atoms with van der Waals surface area (Å²) in [6, 6.07) is 18.2. The van der Waals surface area contributed by atoms with Gasteiger partial charge in [0.05, 0.1) is 12.7 Å². The fourth-order valence-electron chi connectivity index (χ4n) is 4.49. The van der Waals surface area contributed by atoms with Crippen LogP contribution in [0.5, 0.6) is 0 Å². The number of hydrogen-bond donors (Lipinski definition) is 0. The SMILES string of the molecule is CCCCCCC1CCC(c2ccc(-c3ccc(CCCCC)cc3)cc2)OC1. The molecule has 2 atom stereocenters. The molecular formula is C28H40O. The molecule has 1 heteroatoms. The molecule has 158 valence electrons. The predicted molar refractivity (Wildman–Crippen MR) is 125 cm³/mol. The van der Waals surface area contributed by atoms with Gasteiger partial charge in [0.1, 0.15) is 0 Å². The molecule has 0 aromatic heterocycles. The van der Waals surface area contributed by atoms with Crippen molar-refractivity contribution < 1.29 is 4.74 Å². The average Bonchev–Trinajstić information content (AvgIpc) is 2.78. The smallest absolute Gasteiger partial charge is 0.0825 e. The van der Waals surface area contributed by atoms with Gasteiger partial charge in [0.2, 0.25) is 0 Å². The number of unbranched alkanes of at least 4 members (excludes halogenated alkanes) is 5. The Hall–Kier alpha value is -1.60. The summed E-state index contributed by atoms with van der Waals surface area (Å²) in [5, 5.41) is 0. The number of ether oxygens (including phenoxy) is 1. The molecule has 0 radical (unpaired) electrons. The zero-order valence-electron chi connectivity index (χ0n) is 18.7. The first-order valence-corrected chi connectivity index (χ1v) is 12.1. The molecule has 2 aromatic carbocycles. The van der Waals surface area contributed by atoms with Crippen molar-refractivity contribution in [2.24, 2.45) is 5.92 Å². The van der Waals surface area contributed by atoms with Crippen LogP contribution in [0.4, 0.5) is 0 Å². The second kappa shape index (κ2) is 12.2. The monoisotopic (exact) mass is 392 g/mol. The van der Waals surface area contributed by atoms with Gasteiger partial charge < -0.3 is 4.74 Å². The molecule has 2 unspecified atom stereocenters. The third-order valence-electron chi connectivity index (χ3n) is 6.47. The Morgan fingerprint density at radius 1 is 0.724 bits per heavy atom. The van der Waals surface area contributed by atoms with Gasteiger partial charge in [-0.1, -0.05) is 101 Å². The summed E-state index contributed by atoms with van der Waals surface area (Å²) in [4.78, 5) is 0. The van der Waals surface area contributed by atoms with Crippen LogP contribution in [0, 0.1) is 5.92 Å². The van der Waals surface area contributed by atoms with Crippen LogP contribution in [-0.2, 0) is 11.2 Å². The van der Waals surface area contributed by atoms with Gasteiger partial charge in [-0.15, -0.1) is 0 Å². The van der Waals surface area contributed by atoms with E-state index in [-0.39, 0.29) is 6.10 Å².